The van der Waals surface area contributed by atoms with Crippen molar-refractivity contribution in [2.75, 3.05) is 13.1 Å². The molecule has 1 saturated carbocycles. The summed E-state index contributed by atoms with van der Waals surface area (Å²) in [7, 11) is 0. The molecular weight excluding hydrogens is 212 g/mol. The first-order chi connectivity index (χ1) is 8.43. The fourth-order valence-electron chi connectivity index (χ4n) is 3.14. The molecule has 0 radical (unpaired) electrons. The smallest absolute Gasteiger partial charge is 0.197 e. The molecule has 3 heteroatoms. The summed E-state index contributed by atoms with van der Waals surface area (Å²) in [6, 6.07) is 0. The number of piperidine rings is 1. The van der Waals surface area contributed by atoms with E-state index in [-0.39, 0.29) is 0 Å². The lowest BCUT2D eigenvalue weighted by Gasteiger charge is -2.20. The van der Waals surface area contributed by atoms with Gasteiger partial charge in [0.05, 0.1) is 5.69 Å². The number of rotatable bonds is 2. The van der Waals surface area contributed by atoms with Crippen LogP contribution in [0.3, 0.4) is 0 Å². The van der Waals surface area contributed by atoms with Crippen molar-refractivity contribution in [3.63, 3.8) is 0 Å². The molecule has 3 nitrogen and oxygen atoms in total. The monoisotopic (exact) mass is 234 g/mol. The molecule has 0 amide bonds. The van der Waals surface area contributed by atoms with E-state index in [4.69, 9.17) is 9.40 Å². The van der Waals surface area contributed by atoms with Crippen LogP contribution in [0.4, 0.5) is 0 Å². The van der Waals surface area contributed by atoms with Gasteiger partial charge in [0.25, 0.3) is 0 Å². The standard InChI is InChI=1S/C14H22N2O/c1-2-4-12(5-3-1)14-16-13(10-17-14)11-6-8-15-9-7-11/h10-12,15H,1-9H2. The van der Waals surface area contributed by atoms with Crippen molar-refractivity contribution in [2.24, 2.45) is 0 Å². The molecule has 0 unspecified atom stereocenters. The van der Waals surface area contributed by atoms with Gasteiger partial charge in [-0.25, -0.2) is 4.98 Å². The molecule has 2 heterocycles. The molecule has 17 heavy (non-hydrogen) atoms. The number of hydrogen-bond acceptors (Lipinski definition) is 3. The van der Waals surface area contributed by atoms with Crippen molar-refractivity contribution in [3.8, 4) is 0 Å². The third kappa shape index (κ3) is 2.54. The molecule has 1 aliphatic carbocycles. The first-order valence-electron chi connectivity index (χ1n) is 7.09. The molecule has 94 valence electrons. The maximum Gasteiger partial charge on any atom is 0.197 e. The van der Waals surface area contributed by atoms with Gasteiger partial charge in [0.15, 0.2) is 5.89 Å². The van der Waals surface area contributed by atoms with E-state index in [9.17, 15) is 0 Å². The van der Waals surface area contributed by atoms with Crippen LogP contribution in [0.5, 0.6) is 0 Å². The molecule has 1 aromatic rings. The number of oxazole rings is 1. The molecule has 0 aromatic carbocycles. The highest BCUT2D eigenvalue weighted by atomic mass is 16.3. The van der Waals surface area contributed by atoms with E-state index in [0.29, 0.717) is 11.8 Å². The highest BCUT2D eigenvalue weighted by Crippen LogP contribution is 2.33. The Labute approximate surface area is 103 Å². The molecule has 2 fully saturated rings. The van der Waals surface area contributed by atoms with Gasteiger partial charge in [-0.05, 0) is 38.8 Å². The van der Waals surface area contributed by atoms with Crippen LogP contribution >= 0.6 is 0 Å². The van der Waals surface area contributed by atoms with Crippen LogP contribution in [0.15, 0.2) is 10.7 Å². The van der Waals surface area contributed by atoms with Crippen LogP contribution < -0.4 is 5.32 Å². The van der Waals surface area contributed by atoms with E-state index >= 15 is 0 Å². The molecule has 0 spiro atoms. The number of hydrogen-bond donors (Lipinski definition) is 1. The van der Waals surface area contributed by atoms with Crippen LogP contribution in [0, 0.1) is 0 Å². The lowest BCUT2D eigenvalue weighted by atomic mass is 9.89. The zero-order chi connectivity index (χ0) is 11.5. The van der Waals surface area contributed by atoms with Gasteiger partial charge in [-0.2, -0.15) is 0 Å². The Morgan fingerprint density at radius 1 is 1.00 bits per heavy atom. The predicted octanol–water partition coefficient (Wildman–Crippen LogP) is 3.19. The maximum atomic E-state index is 5.73. The fraction of sp³-hybridized carbons (Fsp3) is 0.786. The van der Waals surface area contributed by atoms with Gasteiger partial charge in [0.1, 0.15) is 6.26 Å². The fourth-order valence-corrected chi connectivity index (χ4v) is 3.14. The van der Waals surface area contributed by atoms with Gasteiger partial charge < -0.3 is 9.73 Å². The number of nitrogens with one attached hydrogen (secondary N) is 1. The van der Waals surface area contributed by atoms with Crippen molar-refractivity contribution >= 4 is 0 Å². The molecule has 2 aliphatic rings. The van der Waals surface area contributed by atoms with Gasteiger partial charge in [0, 0.05) is 11.8 Å². The summed E-state index contributed by atoms with van der Waals surface area (Å²) in [5.74, 6) is 2.23. The Balaban J connectivity index is 1.68. The van der Waals surface area contributed by atoms with Crippen molar-refractivity contribution in [2.45, 2.75) is 56.8 Å². The molecule has 1 aliphatic heterocycles. The average Bonchev–Trinajstić information content (AvgIpc) is 2.90. The second-order valence-electron chi connectivity index (χ2n) is 5.47. The molecular formula is C14H22N2O. The van der Waals surface area contributed by atoms with E-state index in [1.165, 1.54) is 50.6 Å². The Morgan fingerprint density at radius 3 is 2.53 bits per heavy atom. The van der Waals surface area contributed by atoms with Crippen molar-refractivity contribution < 1.29 is 4.42 Å². The highest BCUT2D eigenvalue weighted by molar-refractivity contribution is 5.08. The maximum absolute atomic E-state index is 5.73. The van der Waals surface area contributed by atoms with Gasteiger partial charge in [-0.1, -0.05) is 19.3 Å². The van der Waals surface area contributed by atoms with E-state index in [2.05, 4.69) is 5.32 Å². The first-order valence-corrected chi connectivity index (χ1v) is 7.09. The van der Waals surface area contributed by atoms with Crippen LogP contribution in [-0.4, -0.2) is 18.1 Å². The van der Waals surface area contributed by atoms with Gasteiger partial charge in [-0.3, -0.25) is 0 Å². The summed E-state index contributed by atoms with van der Waals surface area (Å²) in [5.41, 5.74) is 1.20. The SMILES string of the molecule is c1oc(C2CCCCC2)nc1C1CCNCC1. The summed E-state index contributed by atoms with van der Waals surface area (Å²) in [4.78, 5) is 4.76. The molecule has 1 aromatic heterocycles. The van der Waals surface area contributed by atoms with Gasteiger partial charge in [-0.15, -0.1) is 0 Å². The van der Waals surface area contributed by atoms with Crippen LogP contribution in [0.2, 0.25) is 0 Å². The molecule has 0 bridgehead atoms. The van der Waals surface area contributed by atoms with Crippen molar-refractivity contribution in [1.82, 2.24) is 10.3 Å². The summed E-state index contributed by atoms with van der Waals surface area (Å²) < 4.78 is 5.73. The summed E-state index contributed by atoms with van der Waals surface area (Å²) in [6.45, 7) is 2.24. The Bertz CT molecular complexity index is 316. The van der Waals surface area contributed by atoms with E-state index in [1.807, 2.05) is 6.26 Å². The molecule has 3 rings (SSSR count). The summed E-state index contributed by atoms with van der Waals surface area (Å²) >= 11 is 0. The highest BCUT2D eigenvalue weighted by Gasteiger charge is 2.23. The molecule has 1 saturated heterocycles. The third-order valence-electron chi connectivity index (χ3n) is 4.25. The number of nitrogens with zero attached hydrogens (tertiary/aromatic N) is 1. The van der Waals surface area contributed by atoms with Gasteiger partial charge >= 0.3 is 0 Å². The van der Waals surface area contributed by atoms with Crippen molar-refractivity contribution in [1.29, 1.82) is 0 Å². The number of aromatic nitrogens is 1. The molecule has 0 atom stereocenters. The first kappa shape index (κ1) is 11.3. The lowest BCUT2D eigenvalue weighted by Crippen LogP contribution is -2.26. The second kappa shape index (κ2) is 5.21. The minimum Gasteiger partial charge on any atom is -0.448 e. The van der Waals surface area contributed by atoms with Crippen LogP contribution in [0.25, 0.3) is 0 Å². The van der Waals surface area contributed by atoms with Crippen LogP contribution in [-0.2, 0) is 0 Å². The van der Waals surface area contributed by atoms with Crippen molar-refractivity contribution in [3.05, 3.63) is 17.8 Å². The second-order valence-corrected chi connectivity index (χ2v) is 5.47. The Hall–Kier alpha value is -0.830. The van der Waals surface area contributed by atoms with E-state index < -0.39 is 0 Å². The lowest BCUT2D eigenvalue weighted by molar-refractivity contribution is 0.363. The normalized spacial score (nSPS) is 24.0. The average molecular weight is 234 g/mol. The Morgan fingerprint density at radius 2 is 1.76 bits per heavy atom. The Kier molecular flexibility index (Phi) is 3.46. The van der Waals surface area contributed by atoms with Gasteiger partial charge in [0.2, 0.25) is 0 Å². The van der Waals surface area contributed by atoms with E-state index in [0.717, 1.165) is 19.0 Å². The quantitative estimate of drug-likeness (QED) is 0.854. The topological polar surface area (TPSA) is 38.1 Å². The summed E-state index contributed by atoms with van der Waals surface area (Å²) in [6.07, 6.45) is 10.9. The predicted molar refractivity (Wildman–Crippen MR) is 67.2 cm³/mol. The minimum absolute atomic E-state index is 0.596. The largest absolute Gasteiger partial charge is 0.448 e. The zero-order valence-corrected chi connectivity index (χ0v) is 10.5. The minimum atomic E-state index is 0.596. The zero-order valence-electron chi connectivity index (χ0n) is 10.5. The van der Waals surface area contributed by atoms with Crippen LogP contribution in [0.1, 0.15) is 68.4 Å². The summed E-state index contributed by atoms with van der Waals surface area (Å²) in [5, 5.41) is 3.40. The molecule has 1 N–H and O–H groups in total. The van der Waals surface area contributed by atoms with E-state index in [1.54, 1.807) is 0 Å². The third-order valence-corrected chi connectivity index (χ3v) is 4.25.